The highest BCUT2D eigenvalue weighted by Gasteiger charge is 2.37. The zero-order valence-electron chi connectivity index (χ0n) is 8.30. The van der Waals surface area contributed by atoms with Crippen molar-refractivity contribution in [3.63, 3.8) is 0 Å². The second kappa shape index (κ2) is 3.40. The summed E-state index contributed by atoms with van der Waals surface area (Å²) in [6.45, 7) is 8.28. The maximum Gasteiger partial charge on any atom is 0.191 e. The van der Waals surface area contributed by atoms with Crippen LogP contribution < -0.4 is 0 Å². The van der Waals surface area contributed by atoms with Crippen molar-refractivity contribution in [2.75, 3.05) is 7.11 Å². The minimum absolute atomic E-state index is 0.146. The quantitative estimate of drug-likeness (QED) is 0.630. The molecule has 0 aliphatic carbocycles. The number of hydrogen-bond donors (Lipinski definition) is 0. The molecule has 2 nitrogen and oxygen atoms in total. The molecule has 1 rings (SSSR count). The van der Waals surface area contributed by atoms with Crippen molar-refractivity contribution in [3.8, 4) is 0 Å². The molecule has 1 atom stereocenters. The monoisotopic (exact) mass is 188 g/mol. The Morgan fingerprint density at radius 1 is 1.50 bits per heavy atom. The Hall–Kier alpha value is 0.01000. The van der Waals surface area contributed by atoms with Gasteiger partial charge in [-0.05, 0) is 27.7 Å². The van der Waals surface area contributed by atoms with Crippen molar-refractivity contribution in [1.82, 2.24) is 0 Å². The van der Waals surface area contributed by atoms with Crippen LogP contribution in [0.2, 0.25) is 0 Å². The highest BCUT2D eigenvalue weighted by atomic mass is 32.2. The Morgan fingerprint density at radius 2 is 2.08 bits per heavy atom. The summed E-state index contributed by atoms with van der Waals surface area (Å²) in [5, 5.41) is 0. The average molecular weight is 188 g/mol. The van der Waals surface area contributed by atoms with E-state index in [-0.39, 0.29) is 11.2 Å². The van der Waals surface area contributed by atoms with E-state index in [1.165, 1.54) is 10.5 Å². The van der Waals surface area contributed by atoms with Crippen molar-refractivity contribution in [2.45, 2.75) is 38.9 Å². The van der Waals surface area contributed by atoms with E-state index in [0.717, 1.165) is 0 Å². The summed E-state index contributed by atoms with van der Waals surface area (Å²) in [6.07, 6.45) is -0.157. The van der Waals surface area contributed by atoms with Gasteiger partial charge in [0.25, 0.3) is 0 Å². The molecule has 70 valence electrons. The zero-order valence-corrected chi connectivity index (χ0v) is 9.12. The van der Waals surface area contributed by atoms with Crippen LogP contribution in [-0.4, -0.2) is 18.3 Å². The second-order valence-corrected chi connectivity index (χ2v) is 5.18. The minimum Gasteiger partial charge on any atom is -0.351 e. The highest BCUT2D eigenvalue weighted by Crippen LogP contribution is 2.45. The van der Waals surface area contributed by atoms with E-state index in [0.29, 0.717) is 0 Å². The smallest absolute Gasteiger partial charge is 0.191 e. The Labute approximate surface area is 78.3 Å². The molecule has 0 aromatic heterocycles. The molecule has 0 aromatic carbocycles. The van der Waals surface area contributed by atoms with E-state index < -0.39 is 0 Å². The number of hydrogen-bond acceptors (Lipinski definition) is 3. The fourth-order valence-corrected chi connectivity index (χ4v) is 2.25. The number of methoxy groups -OCH3 is 1. The summed E-state index contributed by atoms with van der Waals surface area (Å²) in [4.78, 5) is 1.07. The molecule has 1 heterocycles. The first-order valence-corrected chi connectivity index (χ1v) is 4.85. The molecule has 1 fully saturated rings. The van der Waals surface area contributed by atoms with Crippen molar-refractivity contribution >= 4 is 11.8 Å². The van der Waals surface area contributed by atoms with Gasteiger partial charge in [0, 0.05) is 12.0 Å². The molecule has 0 aromatic rings. The largest absolute Gasteiger partial charge is 0.351 e. The molecular formula is C9H16O2S. The fourth-order valence-electron chi connectivity index (χ4n) is 1.14. The lowest BCUT2D eigenvalue weighted by molar-refractivity contribution is -0.119. The van der Waals surface area contributed by atoms with Gasteiger partial charge in [0.2, 0.25) is 0 Å². The Bertz CT molecular complexity index is 205. The summed E-state index contributed by atoms with van der Waals surface area (Å²) in [6, 6.07) is 0. The van der Waals surface area contributed by atoms with Crippen molar-refractivity contribution < 1.29 is 9.47 Å². The molecule has 0 N–H and O–H groups in total. The molecule has 1 aliphatic heterocycles. The predicted molar refractivity (Wildman–Crippen MR) is 51.9 cm³/mol. The summed E-state index contributed by atoms with van der Waals surface area (Å²) in [7, 11) is 1.68. The average Bonchev–Trinajstić information content (AvgIpc) is 2.25. The number of thioether (sulfide) groups is 1. The molecule has 12 heavy (non-hydrogen) atoms. The zero-order chi connectivity index (χ0) is 9.35. The van der Waals surface area contributed by atoms with Crippen LogP contribution >= 0.6 is 11.8 Å². The molecule has 0 radical (unpaired) electrons. The SMILES string of the molecule is COC1OC(C)(C)SC1=C(C)C. The molecule has 0 saturated carbocycles. The van der Waals surface area contributed by atoms with Crippen LogP contribution in [0.3, 0.4) is 0 Å². The number of ether oxygens (including phenoxy) is 2. The van der Waals surface area contributed by atoms with Crippen LogP contribution in [0, 0.1) is 0 Å². The van der Waals surface area contributed by atoms with Gasteiger partial charge in [0.15, 0.2) is 6.29 Å². The van der Waals surface area contributed by atoms with Crippen molar-refractivity contribution in [1.29, 1.82) is 0 Å². The first-order chi connectivity index (χ1) is 5.46. The Balaban J connectivity index is 2.84. The van der Waals surface area contributed by atoms with Gasteiger partial charge >= 0.3 is 0 Å². The maximum absolute atomic E-state index is 5.65. The van der Waals surface area contributed by atoms with Crippen LogP contribution in [0.1, 0.15) is 27.7 Å². The molecule has 0 bridgehead atoms. The maximum atomic E-state index is 5.65. The standard InChI is InChI=1S/C9H16O2S/c1-6(2)7-8(10-5)11-9(3,4)12-7/h8H,1-5H3. The van der Waals surface area contributed by atoms with Crippen LogP contribution in [0.15, 0.2) is 10.5 Å². The van der Waals surface area contributed by atoms with Gasteiger partial charge in [-0.2, -0.15) is 0 Å². The number of allylic oxidation sites excluding steroid dienone is 1. The third kappa shape index (κ3) is 2.03. The van der Waals surface area contributed by atoms with Gasteiger partial charge in [0.1, 0.15) is 4.93 Å². The van der Waals surface area contributed by atoms with E-state index in [4.69, 9.17) is 9.47 Å². The van der Waals surface area contributed by atoms with Crippen LogP contribution in [0.5, 0.6) is 0 Å². The second-order valence-electron chi connectivity index (χ2n) is 3.55. The molecule has 1 aliphatic rings. The minimum atomic E-state index is -0.157. The first-order valence-electron chi connectivity index (χ1n) is 4.03. The molecule has 0 amide bonds. The van der Waals surface area contributed by atoms with Crippen molar-refractivity contribution in [2.24, 2.45) is 0 Å². The van der Waals surface area contributed by atoms with Crippen LogP contribution in [-0.2, 0) is 9.47 Å². The van der Waals surface area contributed by atoms with Crippen LogP contribution in [0.4, 0.5) is 0 Å². The van der Waals surface area contributed by atoms with Crippen molar-refractivity contribution in [3.05, 3.63) is 10.5 Å². The molecule has 1 unspecified atom stereocenters. The topological polar surface area (TPSA) is 18.5 Å². The lowest BCUT2D eigenvalue weighted by Gasteiger charge is -2.15. The van der Waals surface area contributed by atoms with E-state index in [9.17, 15) is 0 Å². The number of rotatable bonds is 1. The predicted octanol–water partition coefficient (Wildman–Crippen LogP) is 2.75. The lowest BCUT2D eigenvalue weighted by Crippen LogP contribution is -2.19. The Morgan fingerprint density at radius 3 is 2.42 bits per heavy atom. The van der Waals surface area contributed by atoms with E-state index in [2.05, 4.69) is 27.7 Å². The van der Waals surface area contributed by atoms with Gasteiger partial charge in [0.05, 0.1) is 0 Å². The van der Waals surface area contributed by atoms with Gasteiger partial charge in [-0.25, -0.2) is 0 Å². The fraction of sp³-hybridized carbons (Fsp3) is 0.778. The van der Waals surface area contributed by atoms with Gasteiger partial charge < -0.3 is 9.47 Å². The lowest BCUT2D eigenvalue weighted by atomic mass is 10.3. The molecule has 3 heteroatoms. The molecular weight excluding hydrogens is 172 g/mol. The summed E-state index contributed by atoms with van der Waals surface area (Å²) in [5.74, 6) is 0. The summed E-state index contributed by atoms with van der Waals surface area (Å²) in [5.41, 5.74) is 1.28. The van der Waals surface area contributed by atoms with Gasteiger partial charge in [-0.1, -0.05) is 17.3 Å². The van der Waals surface area contributed by atoms with Crippen LogP contribution in [0.25, 0.3) is 0 Å². The summed E-state index contributed by atoms with van der Waals surface area (Å²) >= 11 is 1.74. The highest BCUT2D eigenvalue weighted by molar-refractivity contribution is 8.04. The summed E-state index contributed by atoms with van der Waals surface area (Å²) < 4.78 is 10.9. The normalized spacial score (nSPS) is 27.8. The van der Waals surface area contributed by atoms with E-state index >= 15 is 0 Å². The third-order valence-electron chi connectivity index (χ3n) is 1.67. The van der Waals surface area contributed by atoms with E-state index in [1.54, 1.807) is 18.9 Å². The van der Waals surface area contributed by atoms with Gasteiger partial charge in [-0.3, -0.25) is 0 Å². The molecule has 1 saturated heterocycles. The third-order valence-corrected chi connectivity index (χ3v) is 3.08. The van der Waals surface area contributed by atoms with Gasteiger partial charge in [-0.15, -0.1) is 0 Å². The Kier molecular flexibility index (Phi) is 2.86. The first kappa shape index (κ1) is 10.1. The van der Waals surface area contributed by atoms with E-state index in [1.807, 2.05) is 0 Å². The molecule has 0 spiro atoms.